The predicted molar refractivity (Wildman–Crippen MR) is 90.9 cm³/mol. The summed E-state index contributed by atoms with van der Waals surface area (Å²) in [6, 6.07) is 2.68. The summed E-state index contributed by atoms with van der Waals surface area (Å²) in [4.78, 5) is 33.0. The Kier molecular flexibility index (Phi) is 5.18. The topological polar surface area (TPSA) is 83.4 Å². The van der Waals surface area contributed by atoms with Crippen molar-refractivity contribution in [3.63, 3.8) is 0 Å². The summed E-state index contributed by atoms with van der Waals surface area (Å²) in [6.07, 6.45) is -3.19. The molecule has 10 heteroatoms. The normalized spacial score (nSPS) is 17.8. The highest BCUT2D eigenvalue weighted by Gasteiger charge is 2.35. The second kappa shape index (κ2) is 7.26. The van der Waals surface area contributed by atoms with Crippen LogP contribution < -0.4 is 0 Å². The molecule has 0 aliphatic carbocycles. The Balaban J connectivity index is 1.76. The number of carboxylic acid groups (broad SMARTS) is 1. The summed E-state index contributed by atoms with van der Waals surface area (Å²) in [5, 5.41) is 10.4. The van der Waals surface area contributed by atoms with Gasteiger partial charge in [-0.05, 0) is 31.9 Å². The summed E-state index contributed by atoms with van der Waals surface area (Å²) in [5.41, 5.74) is -0.539. The van der Waals surface area contributed by atoms with Gasteiger partial charge in [-0.15, -0.1) is 11.3 Å². The van der Waals surface area contributed by atoms with Crippen molar-refractivity contribution in [2.75, 3.05) is 13.1 Å². The van der Waals surface area contributed by atoms with Crippen LogP contribution in [0.5, 0.6) is 0 Å². The number of aryl methyl sites for hydroxylation is 1. The largest absolute Gasteiger partial charge is 0.478 e. The number of carboxylic acids is 1. The molecule has 0 aromatic carbocycles. The van der Waals surface area contributed by atoms with Crippen LogP contribution in [0.25, 0.3) is 0 Å². The number of aromatic nitrogens is 2. The Morgan fingerprint density at radius 1 is 1.30 bits per heavy atom. The maximum Gasteiger partial charge on any atom is 0.434 e. The predicted octanol–water partition coefficient (Wildman–Crippen LogP) is 3.58. The average molecular weight is 399 g/mol. The van der Waals surface area contributed by atoms with Crippen LogP contribution in [0.2, 0.25) is 0 Å². The maximum absolute atomic E-state index is 12.8. The molecule has 1 fully saturated rings. The Bertz CT molecular complexity index is 882. The standard InChI is InChI=1S/C17H16F3N3O3S/c1-9-11(16(25)26)4-5-12(21-9)15(24)23-6-2-3-10(7-23)14-22-13(8-27-14)17(18,19)20/h4-5,8,10H,2-3,6-7H2,1H3,(H,25,26). The minimum atomic E-state index is -4.48. The summed E-state index contributed by atoms with van der Waals surface area (Å²) in [5.74, 6) is -1.75. The van der Waals surface area contributed by atoms with Crippen LogP contribution in [-0.4, -0.2) is 44.9 Å². The number of hydrogen-bond donors (Lipinski definition) is 1. The lowest BCUT2D eigenvalue weighted by molar-refractivity contribution is -0.140. The number of hydrogen-bond acceptors (Lipinski definition) is 5. The van der Waals surface area contributed by atoms with Crippen molar-refractivity contribution in [1.82, 2.24) is 14.9 Å². The molecular weight excluding hydrogens is 383 g/mol. The first-order valence-electron chi connectivity index (χ1n) is 8.19. The molecular formula is C17H16F3N3O3S. The highest BCUT2D eigenvalue weighted by molar-refractivity contribution is 7.09. The second-order valence-electron chi connectivity index (χ2n) is 6.29. The van der Waals surface area contributed by atoms with E-state index in [0.717, 1.165) is 16.7 Å². The van der Waals surface area contributed by atoms with Gasteiger partial charge in [-0.1, -0.05) is 0 Å². The number of carbonyl (C=O) groups is 2. The highest BCUT2D eigenvalue weighted by Crippen LogP contribution is 2.35. The van der Waals surface area contributed by atoms with Crippen molar-refractivity contribution < 1.29 is 27.9 Å². The van der Waals surface area contributed by atoms with E-state index < -0.39 is 17.8 Å². The molecule has 6 nitrogen and oxygen atoms in total. The fourth-order valence-corrected chi connectivity index (χ4v) is 3.99. The molecule has 0 saturated carbocycles. The summed E-state index contributed by atoms with van der Waals surface area (Å²) in [7, 11) is 0. The van der Waals surface area contributed by atoms with Crippen molar-refractivity contribution in [1.29, 1.82) is 0 Å². The van der Waals surface area contributed by atoms with E-state index in [-0.39, 0.29) is 35.3 Å². The van der Waals surface area contributed by atoms with Gasteiger partial charge in [0.1, 0.15) is 5.69 Å². The third kappa shape index (κ3) is 4.10. The van der Waals surface area contributed by atoms with E-state index in [9.17, 15) is 22.8 Å². The van der Waals surface area contributed by atoms with Crippen molar-refractivity contribution in [2.24, 2.45) is 0 Å². The van der Waals surface area contributed by atoms with Crippen molar-refractivity contribution in [2.45, 2.75) is 31.9 Å². The van der Waals surface area contributed by atoms with E-state index >= 15 is 0 Å². The Morgan fingerprint density at radius 2 is 2.04 bits per heavy atom. The van der Waals surface area contributed by atoms with E-state index in [0.29, 0.717) is 24.4 Å². The summed E-state index contributed by atoms with van der Waals surface area (Å²) >= 11 is 0.950. The van der Waals surface area contributed by atoms with Gasteiger partial charge in [0.2, 0.25) is 0 Å². The van der Waals surface area contributed by atoms with Gasteiger partial charge in [-0.3, -0.25) is 4.79 Å². The number of alkyl halides is 3. The number of pyridine rings is 1. The van der Waals surface area contributed by atoms with Crippen molar-refractivity contribution in [3.8, 4) is 0 Å². The molecule has 1 saturated heterocycles. The van der Waals surface area contributed by atoms with Crippen LogP contribution in [0.4, 0.5) is 13.2 Å². The minimum absolute atomic E-state index is 0.0190. The maximum atomic E-state index is 12.8. The monoisotopic (exact) mass is 399 g/mol. The number of amides is 1. The average Bonchev–Trinajstić information content (AvgIpc) is 3.11. The molecule has 3 rings (SSSR count). The molecule has 1 aliphatic rings. The van der Waals surface area contributed by atoms with Gasteiger partial charge in [0.15, 0.2) is 5.69 Å². The molecule has 1 atom stereocenters. The molecule has 27 heavy (non-hydrogen) atoms. The van der Waals surface area contributed by atoms with Crippen LogP contribution in [0.1, 0.15) is 56.0 Å². The molecule has 2 aromatic heterocycles. The van der Waals surface area contributed by atoms with Crippen LogP contribution in [0.3, 0.4) is 0 Å². The molecule has 1 amide bonds. The first-order valence-corrected chi connectivity index (χ1v) is 9.07. The molecule has 0 spiro atoms. The number of thiazole rings is 1. The Labute approximate surface area is 156 Å². The van der Waals surface area contributed by atoms with Gasteiger partial charge in [-0.25, -0.2) is 14.8 Å². The number of rotatable bonds is 3. The first kappa shape index (κ1) is 19.3. The molecule has 144 valence electrons. The summed E-state index contributed by atoms with van der Waals surface area (Å²) in [6.45, 7) is 2.23. The fourth-order valence-electron chi connectivity index (χ4n) is 3.04. The Hall–Kier alpha value is -2.49. The number of likely N-dealkylation sites (tertiary alicyclic amines) is 1. The number of nitrogens with zero attached hydrogens (tertiary/aromatic N) is 3. The lowest BCUT2D eigenvalue weighted by Gasteiger charge is -2.31. The molecule has 1 aliphatic heterocycles. The van der Waals surface area contributed by atoms with E-state index in [2.05, 4.69) is 9.97 Å². The van der Waals surface area contributed by atoms with E-state index in [4.69, 9.17) is 5.11 Å². The van der Waals surface area contributed by atoms with Crippen molar-refractivity contribution >= 4 is 23.2 Å². The minimum Gasteiger partial charge on any atom is -0.478 e. The van der Waals surface area contributed by atoms with Crippen LogP contribution in [-0.2, 0) is 6.18 Å². The van der Waals surface area contributed by atoms with E-state index in [1.165, 1.54) is 24.0 Å². The van der Waals surface area contributed by atoms with Gasteiger partial charge < -0.3 is 10.0 Å². The quantitative estimate of drug-likeness (QED) is 0.853. The molecule has 3 heterocycles. The third-order valence-corrected chi connectivity index (χ3v) is 5.41. The van der Waals surface area contributed by atoms with Gasteiger partial charge in [0, 0.05) is 24.4 Å². The Morgan fingerprint density at radius 3 is 2.63 bits per heavy atom. The first-order chi connectivity index (χ1) is 12.7. The van der Waals surface area contributed by atoms with Crippen molar-refractivity contribution in [3.05, 3.63) is 45.2 Å². The zero-order valence-electron chi connectivity index (χ0n) is 14.3. The van der Waals surface area contributed by atoms with E-state index in [1.807, 2.05) is 0 Å². The smallest absolute Gasteiger partial charge is 0.434 e. The lowest BCUT2D eigenvalue weighted by atomic mass is 9.98. The van der Waals surface area contributed by atoms with E-state index in [1.54, 1.807) is 0 Å². The molecule has 1 N–H and O–H groups in total. The highest BCUT2D eigenvalue weighted by atomic mass is 32.1. The number of halogens is 3. The summed E-state index contributed by atoms with van der Waals surface area (Å²) < 4.78 is 38.3. The van der Waals surface area contributed by atoms with Gasteiger partial charge in [0.05, 0.1) is 16.3 Å². The molecule has 1 unspecified atom stereocenters. The fraction of sp³-hybridized carbons (Fsp3) is 0.412. The molecule has 2 aromatic rings. The van der Waals surface area contributed by atoms with Crippen LogP contribution in [0.15, 0.2) is 17.5 Å². The number of carbonyl (C=O) groups excluding carboxylic acids is 1. The van der Waals surface area contributed by atoms with Gasteiger partial charge >= 0.3 is 12.1 Å². The SMILES string of the molecule is Cc1nc(C(=O)N2CCCC(c3nc(C(F)(F)F)cs3)C2)ccc1C(=O)O. The van der Waals surface area contributed by atoms with Crippen LogP contribution in [0, 0.1) is 6.92 Å². The third-order valence-electron chi connectivity index (χ3n) is 4.41. The molecule has 0 radical (unpaired) electrons. The second-order valence-corrected chi connectivity index (χ2v) is 7.18. The molecule has 0 bridgehead atoms. The number of piperidine rings is 1. The van der Waals surface area contributed by atoms with Crippen LogP contribution >= 0.6 is 11.3 Å². The lowest BCUT2D eigenvalue weighted by Crippen LogP contribution is -2.39. The zero-order chi connectivity index (χ0) is 19.8. The van der Waals surface area contributed by atoms with Gasteiger partial charge in [0.25, 0.3) is 5.91 Å². The van der Waals surface area contributed by atoms with Gasteiger partial charge in [-0.2, -0.15) is 13.2 Å². The number of aromatic carboxylic acids is 1. The zero-order valence-corrected chi connectivity index (χ0v) is 15.1.